The molecule has 0 saturated carbocycles. The van der Waals surface area contributed by atoms with Gasteiger partial charge >= 0.3 is 0 Å². The Balaban J connectivity index is 1.52. The molecule has 2 aromatic carbocycles. The van der Waals surface area contributed by atoms with Gasteiger partial charge in [-0.25, -0.2) is 9.07 Å². The van der Waals surface area contributed by atoms with E-state index in [-0.39, 0.29) is 11.7 Å². The minimum atomic E-state index is -0.312. The Hall–Kier alpha value is -3.15. The first kappa shape index (κ1) is 15.7. The van der Waals surface area contributed by atoms with Crippen LogP contribution >= 0.6 is 0 Å². The van der Waals surface area contributed by atoms with Crippen molar-refractivity contribution in [2.24, 2.45) is 0 Å². The highest BCUT2D eigenvalue weighted by atomic mass is 19.1. The van der Waals surface area contributed by atoms with Crippen molar-refractivity contribution in [1.82, 2.24) is 15.1 Å². The van der Waals surface area contributed by atoms with Crippen molar-refractivity contribution in [3.8, 4) is 11.4 Å². The molecule has 1 aromatic heterocycles. The first-order chi connectivity index (χ1) is 11.7. The van der Waals surface area contributed by atoms with Gasteiger partial charge in [-0.15, -0.1) is 0 Å². The zero-order valence-corrected chi connectivity index (χ0v) is 12.9. The third-order valence-electron chi connectivity index (χ3n) is 3.35. The van der Waals surface area contributed by atoms with Crippen molar-refractivity contribution < 1.29 is 13.9 Å². The standard InChI is InChI=1S/C18H16FN3O2/c19-15-5-7-17(8-6-15)24-12-10-20-18(23)14-3-1-4-16(13-14)22-11-2-9-21-22/h1-9,11,13H,10,12H2,(H,20,23). The van der Waals surface area contributed by atoms with Crippen LogP contribution in [-0.4, -0.2) is 28.8 Å². The summed E-state index contributed by atoms with van der Waals surface area (Å²) >= 11 is 0. The molecule has 1 amide bonds. The summed E-state index contributed by atoms with van der Waals surface area (Å²) in [6.07, 6.45) is 3.49. The van der Waals surface area contributed by atoms with E-state index < -0.39 is 0 Å². The predicted molar refractivity (Wildman–Crippen MR) is 87.8 cm³/mol. The molecular formula is C18H16FN3O2. The Kier molecular flexibility index (Phi) is 4.86. The molecule has 0 bridgehead atoms. The molecule has 0 radical (unpaired) electrons. The molecular weight excluding hydrogens is 309 g/mol. The molecule has 0 aliphatic carbocycles. The summed E-state index contributed by atoms with van der Waals surface area (Å²) in [7, 11) is 0. The number of nitrogens with one attached hydrogen (secondary N) is 1. The maximum atomic E-state index is 12.8. The number of benzene rings is 2. The number of halogens is 1. The van der Waals surface area contributed by atoms with Gasteiger partial charge in [0.05, 0.1) is 12.2 Å². The predicted octanol–water partition coefficient (Wildman–Crippen LogP) is 2.82. The fourth-order valence-electron chi connectivity index (χ4n) is 2.18. The first-order valence-corrected chi connectivity index (χ1v) is 7.49. The van der Waals surface area contributed by atoms with Gasteiger partial charge in [-0.05, 0) is 48.5 Å². The van der Waals surface area contributed by atoms with E-state index >= 15 is 0 Å². The zero-order chi connectivity index (χ0) is 16.8. The summed E-state index contributed by atoms with van der Waals surface area (Å²) in [5.74, 6) is 0.0609. The van der Waals surface area contributed by atoms with Gasteiger partial charge in [0.15, 0.2) is 0 Å². The third kappa shape index (κ3) is 3.98. The summed E-state index contributed by atoms with van der Waals surface area (Å²) in [6.45, 7) is 0.651. The van der Waals surface area contributed by atoms with Gasteiger partial charge in [0.2, 0.25) is 0 Å². The van der Waals surface area contributed by atoms with Gasteiger partial charge in [-0.1, -0.05) is 6.07 Å². The molecule has 24 heavy (non-hydrogen) atoms. The minimum absolute atomic E-state index is 0.188. The van der Waals surface area contributed by atoms with Crippen LogP contribution in [0.25, 0.3) is 5.69 Å². The Morgan fingerprint density at radius 1 is 1.17 bits per heavy atom. The highest BCUT2D eigenvalue weighted by Gasteiger charge is 2.06. The quantitative estimate of drug-likeness (QED) is 0.709. The van der Waals surface area contributed by atoms with Crippen LogP contribution in [0.5, 0.6) is 5.75 Å². The molecule has 0 atom stereocenters. The van der Waals surface area contributed by atoms with Crippen molar-refractivity contribution in [3.05, 3.63) is 78.4 Å². The second-order valence-corrected chi connectivity index (χ2v) is 5.06. The average molecular weight is 325 g/mol. The van der Waals surface area contributed by atoms with Gasteiger partial charge in [0, 0.05) is 18.0 Å². The van der Waals surface area contributed by atoms with Gasteiger partial charge in [-0.2, -0.15) is 5.10 Å². The number of ether oxygens (including phenoxy) is 1. The highest BCUT2D eigenvalue weighted by Crippen LogP contribution is 2.11. The molecule has 0 aliphatic heterocycles. The summed E-state index contributed by atoms with van der Waals surface area (Å²) in [4.78, 5) is 12.2. The van der Waals surface area contributed by atoms with Gasteiger partial charge in [0.25, 0.3) is 5.91 Å². The molecule has 3 rings (SSSR count). The molecule has 0 spiro atoms. The number of rotatable bonds is 6. The third-order valence-corrected chi connectivity index (χ3v) is 3.35. The molecule has 0 aliphatic rings. The second-order valence-electron chi connectivity index (χ2n) is 5.06. The number of amides is 1. The number of aromatic nitrogens is 2. The fraction of sp³-hybridized carbons (Fsp3) is 0.111. The minimum Gasteiger partial charge on any atom is -0.492 e. The summed E-state index contributed by atoms with van der Waals surface area (Å²) in [5, 5.41) is 6.93. The van der Waals surface area contributed by atoms with E-state index in [0.717, 1.165) is 5.69 Å². The molecule has 5 nitrogen and oxygen atoms in total. The van der Waals surface area contributed by atoms with E-state index in [1.54, 1.807) is 41.2 Å². The van der Waals surface area contributed by atoms with Gasteiger partial charge in [0.1, 0.15) is 18.2 Å². The van der Waals surface area contributed by atoms with Crippen LogP contribution in [0.4, 0.5) is 4.39 Å². The van der Waals surface area contributed by atoms with E-state index in [0.29, 0.717) is 24.5 Å². The SMILES string of the molecule is O=C(NCCOc1ccc(F)cc1)c1cccc(-n2cccn2)c1. The van der Waals surface area contributed by atoms with Crippen LogP contribution in [0.15, 0.2) is 67.0 Å². The maximum absolute atomic E-state index is 12.8. The van der Waals surface area contributed by atoms with E-state index in [9.17, 15) is 9.18 Å². The van der Waals surface area contributed by atoms with E-state index in [1.165, 1.54) is 12.1 Å². The Morgan fingerprint density at radius 3 is 2.75 bits per heavy atom. The molecule has 1 heterocycles. The van der Waals surface area contributed by atoms with Crippen molar-refractivity contribution in [1.29, 1.82) is 0 Å². The topological polar surface area (TPSA) is 56.1 Å². The van der Waals surface area contributed by atoms with Crippen molar-refractivity contribution in [3.63, 3.8) is 0 Å². The van der Waals surface area contributed by atoms with Crippen LogP contribution in [0.3, 0.4) is 0 Å². The first-order valence-electron chi connectivity index (χ1n) is 7.49. The van der Waals surface area contributed by atoms with Gasteiger partial charge < -0.3 is 10.1 Å². The lowest BCUT2D eigenvalue weighted by Gasteiger charge is -2.09. The molecule has 122 valence electrons. The van der Waals surface area contributed by atoms with Crippen LogP contribution < -0.4 is 10.1 Å². The number of carbonyl (C=O) groups is 1. The molecule has 0 fully saturated rings. The van der Waals surface area contributed by atoms with Crippen LogP contribution in [0.1, 0.15) is 10.4 Å². The Morgan fingerprint density at radius 2 is 2.00 bits per heavy atom. The van der Waals surface area contributed by atoms with Crippen molar-refractivity contribution in [2.75, 3.05) is 13.2 Å². The highest BCUT2D eigenvalue weighted by molar-refractivity contribution is 5.94. The number of hydrogen-bond donors (Lipinski definition) is 1. The van der Waals surface area contributed by atoms with Crippen LogP contribution in [-0.2, 0) is 0 Å². The van der Waals surface area contributed by atoms with E-state index in [1.807, 2.05) is 18.3 Å². The lowest BCUT2D eigenvalue weighted by atomic mass is 10.2. The normalized spacial score (nSPS) is 10.4. The monoisotopic (exact) mass is 325 g/mol. The average Bonchev–Trinajstić information content (AvgIpc) is 3.15. The van der Waals surface area contributed by atoms with Gasteiger partial charge in [-0.3, -0.25) is 4.79 Å². The second kappa shape index (κ2) is 7.41. The number of hydrogen-bond acceptors (Lipinski definition) is 3. The molecule has 0 saturated heterocycles. The van der Waals surface area contributed by atoms with Crippen molar-refractivity contribution in [2.45, 2.75) is 0 Å². The molecule has 3 aromatic rings. The largest absolute Gasteiger partial charge is 0.492 e. The number of carbonyl (C=O) groups excluding carboxylic acids is 1. The Labute approximate surface area is 138 Å². The lowest BCUT2D eigenvalue weighted by Crippen LogP contribution is -2.28. The fourth-order valence-corrected chi connectivity index (χ4v) is 2.18. The smallest absolute Gasteiger partial charge is 0.251 e. The Bertz CT molecular complexity index is 801. The molecule has 1 N–H and O–H groups in total. The van der Waals surface area contributed by atoms with Crippen LogP contribution in [0, 0.1) is 5.82 Å². The maximum Gasteiger partial charge on any atom is 0.251 e. The van der Waals surface area contributed by atoms with E-state index in [2.05, 4.69) is 10.4 Å². The summed E-state index contributed by atoms with van der Waals surface area (Å²) in [5.41, 5.74) is 1.36. The van der Waals surface area contributed by atoms with Crippen LogP contribution in [0.2, 0.25) is 0 Å². The molecule has 6 heteroatoms. The molecule has 0 unspecified atom stereocenters. The van der Waals surface area contributed by atoms with E-state index in [4.69, 9.17) is 4.74 Å². The number of nitrogens with zero attached hydrogens (tertiary/aromatic N) is 2. The summed E-state index contributed by atoms with van der Waals surface area (Å²) < 4.78 is 19.9. The lowest BCUT2D eigenvalue weighted by molar-refractivity contribution is 0.0947. The van der Waals surface area contributed by atoms with Crippen molar-refractivity contribution >= 4 is 5.91 Å². The zero-order valence-electron chi connectivity index (χ0n) is 12.9. The summed E-state index contributed by atoms with van der Waals surface area (Å²) in [6, 6.07) is 14.8.